The Balaban J connectivity index is 1.42. The van der Waals surface area contributed by atoms with E-state index in [0.717, 1.165) is 24.6 Å². The van der Waals surface area contributed by atoms with Crippen LogP contribution >= 0.6 is 11.6 Å². The predicted octanol–water partition coefficient (Wildman–Crippen LogP) is 6.08. The van der Waals surface area contributed by atoms with Crippen LogP contribution in [0.15, 0.2) is 60.8 Å². The number of imidazole rings is 1. The maximum Gasteiger partial charge on any atom is 0.416 e. The zero-order valence-electron chi connectivity index (χ0n) is 22.4. The molecule has 6 rings (SSSR count). The second-order valence-electron chi connectivity index (χ2n) is 10.8. The molecule has 1 fully saturated rings. The molecule has 3 N–H and O–H groups in total. The van der Waals surface area contributed by atoms with Crippen LogP contribution in [0.4, 0.5) is 23.4 Å². The second kappa shape index (κ2) is 10.1. The molecule has 42 heavy (non-hydrogen) atoms. The number of hydrogen-bond acceptors (Lipinski definition) is 5. The maximum atomic E-state index is 15.8. The van der Waals surface area contributed by atoms with Crippen molar-refractivity contribution in [1.29, 1.82) is 0 Å². The molecule has 2 aromatic heterocycles. The molecule has 4 heterocycles. The van der Waals surface area contributed by atoms with Gasteiger partial charge in [-0.3, -0.25) is 9.20 Å². The second-order valence-corrected chi connectivity index (χ2v) is 11.2. The fraction of sp³-hybridized carbons (Fsp3) is 0.300. The van der Waals surface area contributed by atoms with E-state index in [2.05, 4.69) is 4.98 Å². The molecule has 2 aliphatic heterocycles. The van der Waals surface area contributed by atoms with E-state index in [1.807, 2.05) is 17.1 Å². The number of nitrogens with two attached hydrogens (primary N) is 1. The molecule has 218 valence electrons. The number of nitrogens with zero attached hydrogens (tertiary/aromatic N) is 4. The molecule has 7 nitrogen and oxygen atoms in total. The van der Waals surface area contributed by atoms with Crippen molar-refractivity contribution >= 4 is 28.8 Å². The van der Waals surface area contributed by atoms with Crippen molar-refractivity contribution in [3.63, 3.8) is 0 Å². The summed E-state index contributed by atoms with van der Waals surface area (Å²) in [6.07, 6.45) is 2.45. The first-order chi connectivity index (χ1) is 19.9. The zero-order chi connectivity index (χ0) is 30.0. The van der Waals surface area contributed by atoms with Crippen molar-refractivity contribution in [3.05, 3.63) is 94.3 Å². The lowest BCUT2D eigenvalue weighted by atomic mass is 9.86. The van der Waals surface area contributed by atoms with Gasteiger partial charge in [-0.1, -0.05) is 42.0 Å². The van der Waals surface area contributed by atoms with E-state index in [1.54, 1.807) is 4.40 Å². The molecule has 3 atom stereocenters. The van der Waals surface area contributed by atoms with Crippen LogP contribution in [0.5, 0.6) is 0 Å². The molecule has 4 aromatic rings. The molecule has 0 bridgehead atoms. The average Bonchev–Trinajstić information content (AvgIpc) is 3.36. The van der Waals surface area contributed by atoms with Gasteiger partial charge < -0.3 is 15.7 Å². The topological polar surface area (TPSA) is 96.8 Å². The van der Waals surface area contributed by atoms with E-state index in [-0.39, 0.29) is 51.2 Å². The summed E-state index contributed by atoms with van der Waals surface area (Å²) in [6, 6.07) is 8.20. The number of benzene rings is 2. The monoisotopic (exact) mass is 599 g/mol. The number of aromatic nitrogens is 3. The Kier molecular flexibility index (Phi) is 6.77. The summed E-state index contributed by atoms with van der Waals surface area (Å²) in [6.45, 7) is 1.71. The van der Waals surface area contributed by atoms with Gasteiger partial charge in [-0.2, -0.15) is 13.2 Å². The van der Waals surface area contributed by atoms with E-state index < -0.39 is 23.2 Å². The Bertz CT molecular complexity index is 1750. The summed E-state index contributed by atoms with van der Waals surface area (Å²) in [5.41, 5.74) is 3.91. The Labute approximate surface area is 243 Å². The van der Waals surface area contributed by atoms with Crippen molar-refractivity contribution in [2.45, 2.75) is 49.9 Å². The van der Waals surface area contributed by atoms with Crippen molar-refractivity contribution in [3.8, 4) is 11.3 Å². The highest BCUT2D eigenvalue weighted by molar-refractivity contribution is 6.30. The van der Waals surface area contributed by atoms with Crippen LogP contribution in [-0.2, 0) is 16.6 Å². The molecule has 12 heteroatoms. The number of halogens is 5. The molecule has 0 saturated carbocycles. The normalized spacial score (nSPS) is 20.5. The molecule has 0 aliphatic carbocycles. The standard InChI is InChI=1S/C30H26ClF4N5O2/c1-29(42,17-4-2-5-19(12-17)30(33,34)35)18-9-11-21(22(32)13-18)25-26-27(36)37-14-23(31)40(26)28(38-25)16-8-10-20-6-3-7-24(41)39(20)15-16/h2-6,9,11-14,16,20,42H,7-8,10,15H2,1H3,(H2,36,37)/t16-,20-,29?/m1/s1. The summed E-state index contributed by atoms with van der Waals surface area (Å²) in [4.78, 5) is 23.4. The predicted molar refractivity (Wildman–Crippen MR) is 149 cm³/mol. The summed E-state index contributed by atoms with van der Waals surface area (Å²) in [5.74, 6) is -0.375. The molecule has 1 unspecified atom stereocenters. The third-order valence-electron chi connectivity index (χ3n) is 8.17. The van der Waals surface area contributed by atoms with Crippen molar-refractivity contribution in [2.24, 2.45) is 0 Å². The first-order valence-electron chi connectivity index (χ1n) is 13.3. The first-order valence-corrected chi connectivity index (χ1v) is 13.7. The Morgan fingerprint density at radius 1 is 1.10 bits per heavy atom. The third kappa shape index (κ3) is 4.70. The number of anilines is 1. The lowest BCUT2D eigenvalue weighted by Crippen LogP contribution is -2.47. The summed E-state index contributed by atoms with van der Waals surface area (Å²) < 4.78 is 57.3. The number of fused-ring (bicyclic) bond motifs is 2. The minimum Gasteiger partial charge on any atom is -0.382 e. The highest BCUT2D eigenvalue weighted by Gasteiger charge is 2.36. The van der Waals surface area contributed by atoms with E-state index in [9.17, 15) is 23.1 Å². The first kappa shape index (κ1) is 28.2. The lowest BCUT2D eigenvalue weighted by molar-refractivity contribution is -0.137. The van der Waals surface area contributed by atoms with Crippen LogP contribution in [0.25, 0.3) is 16.8 Å². The number of alkyl halides is 3. The highest BCUT2D eigenvalue weighted by atomic mass is 35.5. The van der Waals surface area contributed by atoms with Gasteiger partial charge in [-0.05, 0) is 55.2 Å². The van der Waals surface area contributed by atoms with Gasteiger partial charge in [-0.25, -0.2) is 14.4 Å². The van der Waals surface area contributed by atoms with Crippen molar-refractivity contribution in [2.75, 3.05) is 12.3 Å². The fourth-order valence-electron chi connectivity index (χ4n) is 5.90. The number of carbonyl (C=O) groups is 1. The SMILES string of the molecule is CC(O)(c1cccc(C(F)(F)F)c1)c1ccc(-c2nc([C@@H]3CC[C@H]4C=CCC(=O)N4C3)n3c(Cl)cnc(N)c23)c(F)c1. The number of rotatable bonds is 4. The van der Waals surface area contributed by atoms with E-state index in [0.29, 0.717) is 30.7 Å². The minimum atomic E-state index is -4.60. The number of amides is 1. The van der Waals surface area contributed by atoms with Crippen LogP contribution in [-0.4, -0.2) is 42.9 Å². The number of nitrogen functional groups attached to an aromatic ring is 1. The van der Waals surface area contributed by atoms with Crippen LogP contribution in [0.1, 0.15) is 54.6 Å². The molecule has 2 aliphatic rings. The Morgan fingerprint density at radius 2 is 1.83 bits per heavy atom. The molecular weight excluding hydrogens is 574 g/mol. The zero-order valence-corrected chi connectivity index (χ0v) is 23.1. The van der Waals surface area contributed by atoms with Gasteiger partial charge in [-0.15, -0.1) is 0 Å². The van der Waals surface area contributed by atoms with Crippen molar-refractivity contribution in [1.82, 2.24) is 19.3 Å². The van der Waals surface area contributed by atoms with Gasteiger partial charge in [0.2, 0.25) is 5.91 Å². The molecule has 1 saturated heterocycles. The van der Waals surface area contributed by atoms with Gasteiger partial charge in [0, 0.05) is 24.4 Å². The van der Waals surface area contributed by atoms with E-state index >= 15 is 4.39 Å². The molecule has 0 radical (unpaired) electrons. The number of aliphatic hydroxyl groups is 1. The lowest BCUT2D eigenvalue weighted by Gasteiger charge is -2.39. The highest BCUT2D eigenvalue weighted by Crippen LogP contribution is 2.40. The molecule has 2 aromatic carbocycles. The fourth-order valence-corrected chi connectivity index (χ4v) is 6.12. The van der Waals surface area contributed by atoms with Gasteiger partial charge in [0.05, 0.1) is 17.8 Å². The largest absolute Gasteiger partial charge is 0.416 e. The summed E-state index contributed by atoms with van der Waals surface area (Å²) in [7, 11) is 0. The number of piperidine rings is 1. The number of carbonyl (C=O) groups excluding carboxylic acids is 1. The van der Waals surface area contributed by atoms with Gasteiger partial charge in [0.25, 0.3) is 0 Å². The van der Waals surface area contributed by atoms with Crippen LogP contribution in [0, 0.1) is 5.82 Å². The molecule has 0 spiro atoms. The van der Waals surface area contributed by atoms with Crippen LogP contribution < -0.4 is 5.73 Å². The van der Waals surface area contributed by atoms with Gasteiger partial charge in [0.1, 0.15) is 39.4 Å². The Hall–Kier alpha value is -3.96. The average molecular weight is 600 g/mol. The third-order valence-corrected chi connectivity index (χ3v) is 8.44. The minimum absolute atomic E-state index is 0.0185. The van der Waals surface area contributed by atoms with Crippen LogP contribution in [0.3, 0.4) is 0 Å². The maximum absolute atomic E-state index is 15.8. The molecule has 1 amide bonds. The Morgan fingerprint density at radius 3 is 2.57 bits per heavy atom. The summed E-state index contributed by atoms with van der Waals surface area (Å²) >= 11 is 6.56. The van der Waals surface area contributed by atoms with Crippen molar-refractivity contribution < 1.29 is 27.5 Å². The number of hydrogen-bond donors (Lipinski definition) is 2. The smallest absolute Gasteiger partial charge is 0.382 e. The van der Waals surface area contributed by atoms with E-state index in [1.165, 1.54) is 37.4 Å². The van der Waals surface area contributed by atoms with Gasteiger partial charge in [0.15, 0.2) is 0 Å². The summed E-state index contributed by atoms with van der Waals surface area (Å²) in [5, 5.41) is 11.5. The molecular formula is C30H26ClF4N5O2. The quantitative estimate of drug-likeness (QED) is 0.219. The van der Waals surface area contributed by atoms with Crippen LogP contribution in [0.2, 0.25) is 5.15 Å². The van der Waals surface area contributed by atoms with Gasteiger partial charge >= 0.3 is 6.18 Å². The van der Waals surface area contributed by atoms with E-state index in [4.69, 9.17) is 22.3 Å².